The Morgan fingerprint density at radius 3 is 1.28 bits per heavy atom. The fourth-order valence-electron chi connectivity index (χ4n) is 6.23. The molecule has 0 aliphatic rings. The van der Waals surface area contributed by atoms with Crippen LogP contribution in [0.2, 0.25) is 0 Å². The number of carbonyl (C=O) groups excluding carboxylic acids is 1. The fourth-order valence-corrected chi connectivity index (χ4v) is 17.3. The highest BCUT2D eigenvalue weighted by molar-refractivity contribution is 7.99. The van der Waals surface area contributed by atoms with Gasteiger partial charge in [0.1, 0.15) is 31.0 Å². The van der Waals surface area contributed by atoms with Crippen LogP contribution in [0.1, 0.15) is 65.4 Å². The molecule has 0 amide bonds. The van der Waals surface area contributed by atoms with E-state index in [0.29, 0.717) is 47.3 Å². The van der Waals surface area contributed by atoms with Crippen molar-refractivity contribution in [2.24, 2.45) is 0 Å². The molecule has 356 valence electrons. The number of nitrogens with zero attached hydrogens (tertiary/aromatic N) is 4. The summed E-state index contributed by atoms with van der Waals surface area (Å²) < 4.78 is 74.3. The SMILES string of the molecule is CCP(=O)(CC)CS(=O)(=O)c1ccc(CC(=O)c2nc(-c3ccc(C)cc3)cnc2N)cc1.CCP(=O)(CC)CS(=O)(=O)c1ccc(N)cc1.Cc1ccc(-c2cnc(N)c(C(=O)O)n2)cc1. The van der Waals surface area contributed by atoms with Crippen molar-refractivity contribution in [1.82, 2.24) is 19.9 Å². The lowest BCUT2D eigenvalue weighted by Gasteiger charge is -2.14. The summed E-state index contributed by atoms with van der Waals surface area (Å²) in [5.74, 6) is -1.52. The summed E-state index contributed by atoms with van der Waals surface area (Å²) in [7, 11) is -12.5. The lowest BCUT2D eigenvalue weighted by molar-refractivity contribution is 0.0691. The molecule has 0 aliphatic carbocycles. The molecule has 0 fully saturated rings. The Kier molecular flexibility index (Phi) is 18.5. The Morgan fingerprint density at radius 1 is 0.552 bits per heavy atom. The predicted octanol–water partition coefficient (Wildman–Crippen LogP) is 8.73. The third kappa shape index (κ3) is 15.0. The van der Waals surface area contributed by atoms with Crippen molar-refractivity contribution in [2.45, 2.75) is 57.8 Å². The van der Waals surface area contributed by atoms with E-state index in [1.807, 2.05) is 62.4 Å². The third-order valence-corrected chi connectivity index (χ3v) is 23.8. The molecule has 0 saturated carbocycles. The van der Waals surface area contributed by atoms with Crippen LogP contribution in [0.3, 0.4) is 0 Å². The number of carboxylic acid groups (broad SMARTS) is 1. The molecule has 0 atom stereocenters. The second kappa shape index (κ2) is 23.1. The number of hydrogen-bond donors (Lipinski definition) is 4. The average molecular weight is 990 g/mol. The average Bonchev–Trinajstić information content (AvgIpc) is 3.30. The molecule has 0 aliphatic heterocycles. The monoisotopic (exact) mass is 989 g/mol. The van der Waals surface area contributed by atoms with Crippen molar-refractivity contribution in [3.05, 3.63) is 138 Å². The van der Waals surface area contributed by atoms with E-state index >= 15 is 0 Å². The molecular weight excluding hydrogens is 933 g/mol. The van der Waals surface area contributed by atoms with Gasteiger partial charge in [0.15, 0.2) is 42.8 Å². The van der Waals surface area contributed by atoms with Crippen LogP contribution in [-0.4, -0.2) is 89.3 Å². The van der Waals surface area contributed by atoms with Gasteiger partial charge in [0.2, 0.25) is 0 Å². The molecule has 4 aromatic carbocycles. The molecule has 0 saturated heterocycles. The number of carbonyl (C=O) groups is 2. The number of ketones is 1. The van der Waals surface area contributed by atoms with Crippen molar-refractivity contribution in [1.29, 1.82) is 0 Å². The zero-order valence-corrected chi connectivity index (χ0v) is 41.7. The number of carboxylic acids is 1. The number of aromatic nitrogens is 4. The van der Waals surface area contributed by atoms with Gasteiger partial charge in [-0.05, 0) is 80.5 Å². The molecule has 67 heavy (non-hydrogen) atoms. The summed E-state index contributed by atoms with van der Waals surface area (Å²) in [5, 5.41) is 8.90. The van der Waals surface area contributed by atoms with Gasteiger partial charge >= 0.3 is 5.97 Å². The highest BCUT2D eigenvalue weighted by Crippen LogP contribution is 2.47. The molecular formula is C47H57N7O9P2S2. The van der Waals surface area contributed by atoms with Crippen molar-refractivity contribution in [3.63, 3.8) is 0 Å². The number of Topliss-reactive ketones (excluding diaryl/α,β-unsaturated/α-hetero) is 1. The van der Waals surface area contributed by atoms with E-state index < -0.39 is 39.9 Å². The number of aryl methyl sites for hydroxylation is 2. The van der Waals surface area contributed by atoms with Gasteiger partial charge in [-0.3, -0.25) is 4.79 Å². The lowest BCUT2D eigenvalue weighted by atomic mass is 10.1. The van der Waals surface area contributed by atoms with Crippen LogP contribution in [0.15, 0.2) is 119 Å². The predicted molar refractivity (Wildman–Crippen MR) is 267 cm³/mol. The number of nitrogen functional groups attached to an aromatic ring is 3. The highest BCUT2D eigenvalue weighted by Gasteiger charge is 2.29. The first-order valence-corrected chi connectivity index (χ1v) is 29.0. The first-order chi connectivity index (χ1) is 31.5. The van der Waals surface area contributed by atoms with Crippen LogP contribution in [0.4, 0.5) is 17.3 Å². The summed E-state index contributed by atoms with van der Waals surface area (Å²) in [6.45, 7) is 11.0. The molecule has 0 unspecified atom stereocenters. The molecule has 0 bridgehead atoms. The molecule has 2 aromatic heterocycles. The molecule has 2 heterocycles. The van der Waals surface area contributed by atoms with E-state index in [4.69, 9.17) is 22.3 Å². The van der Waals surface area contributed by atoms with Gasteiger partial charge in [-0.2, -0.15) is 0 Å². The zero-order valence-electron chi connectivity index (χ0n) is 38.3. The van der Waals surface area contributed by atoms with Gasteiger partial charge in [0, 0.05) is 23.2 Å². The number of aromatic carboxylic acids is 1. The van der Waals surface area contributed by atoms with Gasteiger partial charge in [0.25, 0.3) is 0 Å². The maximum atomic E-state index is 12.9. The lowest BCUT2D eigenvalue weighted by Crippen LogP contribution is -2.12. The Hall–Kier alpha value is -6.06. The maximum absolute atomic E-state index is 12.9. The van der Waals surface area contributed by atoms with Gasteiger partial charge in [-0.25, -0.2) is 41.6 Å². The van der Waals surface area contributed by atoms with Crippen LogP contribution in [0.25, 0.3) is 22.5 Å². The molecule has 16 nitrogen and oxygen atoms in total. The smallest absolute Gasteiger partial charge is 0.358 e. The maximum Gasteiger partial charge on any atom is 0.358 e. The Labute approximate surface area is 392 Å². The van der Waals surface area contributed by atoms with Crippen molar-refractivity contribution in [3.8, 4) is 22.5 Å². The standard InChI is InChI=1S/C24H28N3O4PS.C12H11N3O2.C11H18NO3PS/c1-4-32(29,5-2)16-33(30,31)20-12-8-18(9-13-20)14-22(28)23-24(25)26-15-21(27-23)19-10-6-17(3)7-11-19;1-7-2-4-8(5-3-7)9-6-14-11(13)10(15-9)12(16)17;1-3-16(13,4-2)9-17(14,15)11-7-5-10(12)6-8-11/h6-13,15H,4-5,14,16H2,1-3H3,(H2,25,26);2-6H,1H3,(H2,13,14)(H,16,17);5-8H,3-4,9,12H2,1-2H3. The summed E-state index contributed by atoms with van der Waals surface area (Å²) in [4.78, 5) is 40.4. The normalized spacial score (nSPS) is 11.7. The molecule has 0 radical (unpaired) electrons. The Morgan fingerprint density at radius 2 is 0.910 bits per heavy atom. The molecule has 20 heteroatoms. The molecule has 6 rings (SSSR count). The minimum Gasteiger partial charge on any atom is -0.476 e. The Bertz CT molecular complexity index is 2990. The number of benzene rings is 4. The van der Waals surface area contributed by atoms with Crippen molar-refractivity contribution in [2.75, 3.05) is 52.8 Å². The number of anilines is 3. The molecule has 6 aromatic rings. The number of nitrogens with two attached hydrogens (primary N) is 3. The zero-order chi connectivity index (χ0) is 49.7. The van der Waals surface area contributed by atoms with Crippen LogP contribution in [-0.2, 0) is 35.2 Å². The minimum absolute atomic E-state index is 0.00102. The van der Waals surface area contributed by atoms with Gasteiger partial charge < -0.3 is 31.4 Å². The van der Waals surface area contributed by atoms with Crippen LogP contribution in [0, 0.1) is 13.8 Å². The van der Waals surface area contributed by atoms with E-state index in [-0.39, 0.29) is 56.0 Å². The first kappa shape index (κ1) is 53.6. The van der Waals surface area contributed by atoms with Crippen molar-refractivity contribution < 1.29 is 40.7 Å². The first-order valence-electron chi connectivity index (χ1n) is 21.2. The minimum atomic E-state index is -3.68. The fraction of sp³-hybridized carbons (Fsp3) is 0.277. The van der Waals surface area contributed by atoms with Crippen LogP contribution in [0.5, 0.6) is 0 Å². The number of hydrogen-bond acceptors (Lipinski definition) is 15. The summed E-state index contributed by atoms with van der Waals surface area (Å²) in [5.41, 5.74) is 22.2. The van der Waals surface area contributed by atoms with Crippen LogP contribution >= 0.6 is 14.3 Å². The Balaban J connectivity index is 0.000000242. The van der Waals surface area contributed by atoms with E-state index in [2.05, 4.69) is 19.9 Å². The van der Waals surface area contributed by atoms with Gasteiger partial charge in [-0.1, -0.05) is 99.5 Å². The van der Waals surface area contributed by atoms with E-state index in [1.165, 1.54) is 48.8 Å². The second-order valence-corrected chi connectivity index (χ2v) is 27.9. The van der Waals surface area contributed by atoms with Gasteiger partial charge in [0.05, 0.1) is 33.6 Å². The van der Waals surface area contributed by atoms with Crippen molar-refractivity contribution >= 4 is 63.0 Å². The van der Waals surface area contributed by atoms with Crippen LogP contribution < -0.4 is 17.2 Å². The quantitative estimate of drug-likeness (QED) is 0.0400. The number of sulfone groups is 2. The summed E-state index contributed by atoms with van der Waals surface area (Å²) >= 11 is 0. The second-order valence-electron chi connectivity index (χ2n) is 15.7. The summed E-state index contributed by atoms with van der Waals surface area (Å²) in [6.07, 6.45) is 4.52. The molecule has 7 N–H and O–H groups in total. The van der Waals surface area contributed by atoms with E-state index in [0.717, 1.165) is 22.3 Å². The topological polar surface area (TPSA) is 286 Å². The number of rotatable bonds is 16. The summed E-state index contributed by atoms with van der Waals surface area (Å²) in [6, 6.07) is 27.3. The highest BCUT2D eigenvalue weighted by atomic mass is 32.2. The van der Waals surface area contributed by atoms with E-state index in [9.17, 15) is 35.6 Å². The third-order valence-electron chi connectivity index (χ3n) is 10.8. The molecule has 0 spiro atoms. The largest absolute Gasteiger partial charge is 0.476 e. The van der Waals surface area contributed by atoms with E-state index in [1.54, 1.807) is 39.8 Å². The van der Waals surface area contributed by atoms with Gasteiger partial charge in [-0.15, -0.1) is 0 Å².